The summed E-state index contributed by atoms with van der Waals surface area (Å²) in [4.78, 5) is 38.2. The van der Waals surface area contributed by atoms with Gasteiger partial charge in [0.05, 0.1) is 6.10 Å². The topological polar surface area (TPSA) is 144 Å². The lowest BCUT2D eigenvalue weighted by atomic mass is 9.44. The first-order chi connectivity index (χ1) is 16.6. The standard InChI is InChI=1S/C25H33FO9S/c1-5-21(30)35-25(20(29)13-34-36(31,32)33)14(2)10-18-17-7-6-15-11-16(27)8-9-22(15,3)24(17,26)19(28)12-23(18,25)4/h8-9,11,14,17-19,28H,5-7,10,12-13H2,1-4H3,(H,31,32,33)/t14-,17+,18+,19+,22+,23+,24+,25+/m1/s1. The van der Waals surface area contributed by atoms with Gasteiger partial charge in [0, 0.05) is 29.1 Å². The van der Waals surface area contributed by atoms with E-state index in [2.05, 4.69) is 4.18 Å². The van der Waals surface area contributed by atoms with Gasteiger partial charge in [-0.25, -0.2) is 8.57 Å². The number of alkyl halides is 1. The van der Waals surface area contributed by atoms with Crippen molar-refractivity contribution in [3.05, 3.63) is 23.8 Å². The molecule has 0 radical (unpaired) electrons. The van der Waals surface area contributed by atoms with Crippen LogP contribution >= 0.6 is 0 Å². The van der Waals surface area contributed by atoms with Crippen LogP contribution in [0.25, 0.3) is 0 Å². The first-order valence-corrected chi connectivity index (χ1v) is 13.6. The number of aliphatic hydroxyl groups excluding tert-OH is 1. The van der Waals surface area contributed by atoms with Crippen LogP contribution in [0.15, 0.2) is 23.8 Å². The highest BCUT2D eigenvalue weighted by Gasteiger charge is 2.77. The fraction of sp³-hybridized carbons (Fsp3) is 0.720. The van der Waals surface area contributed by atoms with Crippen LogP contribution in [-0.2, 0) is 33.7 Å². The lowest BCUT2D eigenvalue weighted by molar-refractivity contribution is -0.228. The third-order valence-corrected chi connectivity index (χ3v) is 9.91. The maximum Gasteiger partial charge on any atom is 0.397 e. The van der Waals surface area contributed by atoms with Crippen LogP contribution < -0.4 is 0 Å². The maximum absolute atomic E-state index is 17.3. The van der Waals surface area contributed by atoms with Crippen molar-refractivity contribution in [3.63, 3.8) is 0 Å². The Morgan fingerprint density at radius 3 is 2.53 bits per heavy atom. The molecule has 0 aliphatic heterocycles. The van der Waals surface area contributed by atoms with Crippen LogP contribution in [0.3, 0.4) is 0 Å². The second kappa shape index (κ2) is 8.54. The molecule has 11 heteroatoms. The van der Waals surface area contributed by atoms with Crippen molar-refractivity contribution in [2.75, 3.05) is 6.61 Å². The van der Waals surface area contributed by atoms with E-state index < -0.39 is 74.7 Å². The quantitative estimate of drug-likeness (QED) is 0.393. The molecule has 3 saturated carbocycles. The molecule has 3 fully saturated rings. The summed E-state index contributed by atoms with van der Waals surface area (Å²) in [5.74, 6) is -3.70. The molecule has 0 amide bonds. The van der Waals surface area contributed by atoms with E-state index in [9.17, 15) is 27.9 Å². The predicted octanol–water partition coefficient (Wildman–Crippen LogP) is 2.68. The number of aliphatic hydroxyl groups is 1. The molecule has 4 rings (SSSR count). The number of hydrogen-bond donors (Lipinski definition) is 2. The molecule has 0 heterocycles. The van der Waals surface area contributed by atoms with E-state index in [1.54, 1.807) is 27.7 Å². The molecule has 200 valence electrons. The van der Waals surface area contributed by atoms with Crippen molar-refractivity contribution in [1.82, 2.24) is 0 Å². The summed E-state index contributed by atoms with van der Waals surface area (Å²) in [6, 6.07) is 0. The minimum absolute atomic E-state index is 0.0638. The monoisotopic (exact) mass is 528 g/mol. The normalized spacial score (nSPS) is 43.8. The van der Waals surface area contributed by atoms with Crippen molar-refractivity contribution in [3.8, 4) is 0 Å². The van der Waals surface area contributed by atoms with Gasteiger partial charge >= 0.3 is 16.4 Å². The number of carbonyl (C=O) groups excluding carboxylic acids is 3. The van der Waals surface area contributed by atoms with E-state index in [4.69, 9.17) is 9.29 Å². The summed E-state index contributed by atoms with van der Waals surface area (Å²) in [5, 5.41) is 11.5. The molecule has 0 spiro atoms. The number of fused-ring (bicyclic) bond motifs is 5. The van der Waals surface area contributed by atoms with Crippen molar-refractivity contribution in [2.24, 2.45) is 28.6 Å². The summed E-state index contributed by atoms with van der Waals surface area (Å²) in [6.45, 7) is 5.50. The number of carbonyl (C=O) groups is 3. The van der Waals surface area contributed by atoms with E-state index >= 15 is 4.39 Å². The molecule has 4 aliphatic carbocycles. The molecule has 0 aromatic carbocycles. The molecule has 0 aromatic heterocycles. The third kappa shape index (κ3) is 3.57. The highest BCUT2D eigenvalue weighted by Crippen LogP contribution is 2.71. The van der Waals surface area contributed by atoms with Crippen molar-refractivity contribution in [2.45, 2.75) is 77.2 Å². The van der Waals surface area contributed by atoms with Crippen LogP contribution in [0.2, 0.25) is 0 Å². The van der Waals surface area contributed by atoms with Gasteiger partial charge in [0.15, 0.2) is 17.1 Å². The Hall–Kier alpha value is -1.95. The molecule has 0 unspecified atom stereocenters. The van der Waals surface area contributed by atoms with Gasteiger partial charge in [-0.3, -0.25) is 18.9 Å². The van der Waals surface area contributed by atoms with Gasteiger partial charge in [0.25, 0.3) is 0 Å². The van der Waals surface area contributed by atoms with Gasteiger partial charge in [-0.05, 0) is 50.7 Å². The van der Waals surface area contributed by atoms with Gasteiger partial charge in [0.1, 0.15) is 6.61 Å². The number of allylic oxidation sites excluding steroid dienone is 4. The van der Waals surface area contributed by atoms with Gasteiger partial charge < -0.3 is 9.84 Å². The first-order valence-electron chi connectivity index (χ1n) is 12.2. The van der Waals surface area contributed by atoms with Gasteiger partial charge in [0.2, 0.25) is 5.78 Å². The molecule has 36 heavy (non-hydrogen) atoms. The SMILES string of the molecule is CCC(=O)O[C@]1(C(=O)COS(=O)(=O)O)[C@H](C)C[C@H]2[C@@H]3CCC4=CC(=O)C=C[C@]4(C)[C@@]3(F)[C@@H](O)C[C@@]21C. The number of ether oxygens (including phenoxy) is 1. The molecule has 0 bridgehead atoms. The summed E-state index contributed by atoms with van der Waals surface area (Å²) >= 11 is 0. The zero-order chi connectivity index (χ0) is 26.9. The molecule has 8 atom stereocenters. The van der Waals surface area contributed by atoms with Crippen LogP contribution in [0.5, 0.6) is 0 Å². The third-order valence-electron chi connectivity index (χ3n) is 9.50. The highest BCUT2D eigenvalue weighted by atomic mass is 32.3. The minimum atomic E-state index is -4.95. The Balaban J connectivity index is 1.82. The van der Waals surface area contributed by atoms with Gasteiger partial charge in [-0.15, -0.1) is 0 Å². The average molecular weight is 529 g/mol. The van der Waals surface area contributed by atoms with Gasteiger partial charge in [-0.2, -0.15) is 8.42 Å². The summed E-state index contributed by atoms with van der Waals surface area (Å²) in [5.41, 5.74) is -5.90. The van der Waals surface area contributed by atoms with Crippen LogP contribution in [-0.4, -0.2) is 59.6 Å². The number of ketones is 2. The lowest BCUT2D eigenvalue weighted by Gasteiger charge is -2.62. The Bertz CT molecular complexity index is 1160. The van der Waals surface area contributed by atoms with E-state index in [0.717, 1.165) is 0 Å². The van der Waals surface area contributed by atoms with Crippen LogP contribution in [0.4, 0.5) is 4.39 Å². The second-order valence-electron chi connectivity index (χ2n) is 11.1. The molecular weight excluding hydrogens is 495 g/mol. The lowest BCUT2D eigenvalue weighted by Crippen LogP contribution is -2.70. The minimum Gasteiger partial charge on any atom is -0.450 e. The molecular formula is C25H33FO9S. The number of esters is 1. The summed E-state index contributed by atoms with van der Waals surface area (Å²) in [7, 11) is -4.95. The van der Waals surface area contributed by atoms with E-state index in [1.807, 2.05) is 0 Å². The Morgan fingerprint density at radius 2 is 1.92 bits per heavy atom. The van der Waals surface area contributed by atoms with E-state index in [0.29, 0.717) is 18.4 Å². The first kappa shape index (κ1) is 27.1. The smallest absolute Gasteiger partial charge is 0.397 e. The Kier molecular flexibility index (Phi) is 6.43. The molecule has 9 nitrogen and oxygen atoms in total. The van der Waals surface area contributed by atoms with Crippen molar-refractivity contribution >= 4 is 27.9 Å². The summed E-state index contributed by atoms with van der Waals surface area (Å²) < 4.78 is 58.9. The molecule has 0 saturated heterocycles. The maximum atomic E-state index is 17.3. The number of hydrogen-bond acceptors (Lipinski definition) is 8. The fourth-order valence-corrected chi connectivity index (χ4v) is 8.14. The zero-order valence-corrected chi connectivity index (χ0v) is 21.6. The van der Waals surface area contributed by atoms with Crippen molar-refractivity contribution in [1.29, 1.82) is 0 Å². The highest BCUT2D eigenvalue weighted by molar-refractivity contribution is 7.80. The largest absolute Gasteiger partial charge is 0.450 e. The second-order valence-corrected chi connectivity index (χ2v) is 12.2. The molecule has 4 aliphatic rings. The Labute approximate surface area is 210 Å². The summed E-state index contributed by atoms with van der Waals surface area (Å²) in [6.07, 6.45) is 3.42. The van der Waals surface area contributed by atoms with Crippen LogP contribution in [0.1, 0.15) is 59.8 Å². The van der Waals surface area contributed by atoms with Crippen molar-refractivity contribution < 1.29 is 45.8 Å². The predicted molar refractivity (Wildman–Crippen MR) is 125 cm³/mol. The fourth-order valence-electron chi connectivity index (χ4n) is 7.89. The molecule has 2 N–H and O–H groups in total. The number of rotatable bonds is 6. The number of halogens is 1. The Morgan fingerprint density at radius 1 is 1.25 bits per heavy atom. The zero-order valence-electron chi connectivity index (χ0n) is 20.8. The number of Topliss-reactive ketones (excluding diaryl/α,β-unsaturated/α-hetero) is 1. The van der Waals surface area contributed by atoms with Gasteiger partial charge in [-0.1, -0.05) is 32.4 Å². The van der Waals surface area contributed by atoms with Crippen LogP contribution in [0, 0.1) is 28.6 Å². The van der Waals surface area contributed by atoms with E-state index in [1.165, 1.54) is 18.2 Å². The molecule has 0 aromatic rings. The average Bonchev–Trinajstić information content (AvgIpc) is 3.00. The van der Waals surface area contributed by atoms with E-state index in [-0.39, 0.29) is 25.0 Å².